The third-order valence-electron chi connectivity index (χ3n) is 6.47. The molecule has 0 spiro atoms. The molecule has 0 saturated heterocycles. The van der Waals surface area contributed by atoms with Crippen LogP contribution in [0.4, 0.5) is 11.4 Å². The van der Waals surface area contributed by atoms with Crippen molar-refractivity contribution < 1.29 is 13.0 Å². The minimum Gasteiger partial charge on any atom is -0.354 e. The largest absolute Gasteiger partial charge is 0.354 e. The molecule has 35 heavy (non-hydrogen) atoms. The zero-order valence-corrected chi connectivity index (χ0v) is 22.1. The van der Waals surface area contributed by atoms with Crippen LogP contribution in [0.25, 0.3) is 0 Å². The highest BCUT2D eigenvalue weighted by atomic mass is 32.2. The molecule has 8 heteroatoms. The van der Waals surface area contributed by atoms with E-state index in [1.807, 2.05) is 24.3 Å². The molecule has 2 aromatic carbocycles. The zero-order valence-electron chi connectivity index (χ0n) is 20.5. The normalized spacial score (nSPS) is 18.1. The van der Waals surface area contributed by atoms with E-state index < -0.39 is 10.1 Å². The molecular formula is C27H35N3O3S2. The average Bonchev–Trinajstić information content (AvgIpc) is 2.85. The summed E-state index contributed by atoms with van der Waals surface area (Å²) in [5.41, 5.74) is 3.15. The van der Waals surface area contributed by atoms with Crippen molar-refractivity contribution in [1.82, 2.24) is 4.90 Å². The van der Waals surface area contributed by atoms with Crippen molar-refractivity contribution in [3.05, 3.63) is 60.8 Å². The Kier molecular flexibility index (Phi) is 8.57. The molecule has 0 bridgehead atoms. The number of allylic oxidation sites excluding steroid dienone is 1. The van der Waals surface area contributed by atoms with Gasteiger partial charge in [0.1, 0.15) is 6.17 Å². The summed E-state index contributed by atoms with van der Waals surface area (Å²) in [5.74, 6) is -0.312. The van der Waals surface area contributed by atoms with Crippen LogP contribution in [-0.2, 0) is 10.1 Å². The Labute approximate surface area is 213 Å². The zero-order chi connectivity index (χ0) is 24.8. The van der Waals surface area contributed by atoms with E-state index in [0.717, 1.165) is 65.5 Å². The average molecular weight is 514 g/mol. The highest BCUT2D eigenvalue weighted by Gasteiger charge is 2.37. The molecule has 2 heterocycles. The van der Waals surface area contributed by atoms with Crippen LogP contribution < -0.4 is 4.90 Å². The van der Waals surface area contributed by atoms with Gasteiger partial charge in [-0.3, -0.25) is 9.55 Å². The summed E-state index contributed by atoms with van der Waals surface area (Å²) in [4.78, 5) is 12.0. The van der Waals surface area contributed by atoms with Gasteiger partial charge in [0.05, 0.1) is 23.2 Å². The first kappa shape index (κ1) is 25.8. The number of benzene rings is 2. The molecule has 1 N–H and O–H groups in total. The van der Waals surface area contributed by atoms with Gasteiger partial charge in [0.15, 0.2) is 0 Å². The van der Waals surface area contributed by atoms with Crippen molar-refractivity contribution in [1.29, 1.82) is 0 Å². The smallest absolute Gasteiger partial charge is 0.264 e. The molecule has 0 saturated carbocycles. The van der Waals surface area contributed by atoms with Gasteiger partial charge >= 0.3 is 0 Å². The lowest BCUT2D eigenvalue weighted by atomic mass is 10.0. The molecule has 0 aliphatic carbocycles. The monoisotopic (exact) mass is 513 g/mol. The highest BCUT2D eigenvalue weighted by molar-refractivity contribution is 7.99. The Morgan fingerprint density at radius 2 is 1.63 bits per heavy atom. The van der Waals surface area contributed by atoms with Crippen molar-refractivity contribution in [2.75, 3.05) is 17.2 Å². The maximum absolute atomic E-state index is 11.9. The van der Waals surface area contributed by atoms with E-state index in [4.69, 9.17) is 4.99 Å². The first-order chi connectivity index (χ1) is 16.9. The van der Waals surface area contributed by atoms with Crippen LogP contribution >= 0.6 is 11.8 Å². The van der Waals surface area contributed by atoms with Crippen LogP contribution in [0, 0.1) is 0 Å². The second-order valence-electron chi connectivity index (χ2n) is 9.09. The van der Waals surface area contributed by atoms with Gasteiger partial charge < -0.3 is 9.80 Å². The number of fused-ring (bicyclic) bond motifs is 2. The second-order valence-corrected chi connectivity index (χ2v) is 11.8. The molecule has 4 rings (SSSR count). The van der Waals surface area contributed by atoms with Gasteiger partial charge in [-0.1, -0.05) is 62.7 Å². The van der Waals surface area contributed by atoms with E-state index in [-0.39, 0.29) is 24.4 Å². The number of para-hydroxylation sites is 2. The number of hydrogen-bond donors (Lipinski definition) is 1. The molecule has 2 unspecified atom stereocenters. The van der Waals surface area contributed by atoms with E-state index in [9.17, 15) is 13.0 Å². The Hall–Kier alpha value is -2.29. The predicted octanol–water partition coefficient (Wildman–Crippen LogP) is 6.52. The Morgan fingerprint density at radius 3 is 2.23 bits per heavy atom. The Bertz CT molecular complexity index is 1130. The molecule has 2 atom stereocenters. The minimum absolute atomic E-state index is 0.260. The summed E-state index contributed by atoms with van der Waals surface area (Å²) in [7, 11) is -4.13. The number of nitrogens with zero attached hydrogens (tertiary/aromatic N) is 3. The fourth-order valence-corrected chi connectivity index (χ4v) is 6.30. The van der Waals surface area contributed by atoms with Crippen LogP contribution in [0.1, 0.15) is 52.4 Å². The van der Waals surface area contributed by atoms with Gasteiger partial charge in [-0.25, -0.2) is 0 Å². The van der Waals surface area contributed by atoms with Gasteiger partial charge in [-0.2, -0.15) is 8.42 Å². The van der Waals surface area contributed by atoms with Gasteiger partial charge in [0, 0.05) is 28.2 Å². The van der Waals surface area contributed by atoms with E-state index in [0.29, 0.717) is 0 Å². The van der Waals surface area contributed by atoms with E-state index in [1.54, 1.807) is 11.8 Å². The number of rotatable bonds is 11. The molecule has 0 amide bonds. The molecule has 0 radical (unpaired) electrons. The van der Waals surface area contributed by atoms with Gasteiger partial charge in [0.25, 0.3) is 10.1 Å². The first-order valence-corrected chi connectivity index (χ1v) is 14.9. The fourth-order valence-electron chi connectivity index (χ4n) is 4.69. The van der Waals surface area contributed by atoms with E-state index in [2.05, 4.69) is 60.2 Å². The predicted molar refractivity (Wildman–Crippen MR) is 145 cm³/mol. The second kappa shape index (κ2) is 11.6. The molecule has 2 aliphatic rings. The van der Waals surface area contributed by atoms with Crippen LogP contribution in [0.3, 0.4) is 0 Å². The molecule has 2 aliphatic heterocycles. The van der Waals surface area contributed by atoms with Gasteiger partial charge in [-0.15, -0.1) is 0 Å². The fraction of sp³-hybridized carbons (Fsp3) is 0.444. The van der Waals surface area contributed by atoms with Gasteiger partial charge in [-0.05, 0) is 56.0 Å². The number of anilines is 2. The molecule has 2 aromatic rings. The van der Waals surface area contributed by atoms with Crippen molar-refractivity contribution >= 4 is 39.0 Å². The van der Waals surface area contributed by atoms with Crippen molar-refractivity contribution in [2.45, 2.75) is 74.4 Å². The maximum Gasteiger partial charge on any atom is 0.264 e. The SMILES string of the molecule is CCCCC1=NC(C(CCS(=O)(=O)O)N2c3ccccc3Sc3ccccc32)N(CCCC)C=C1. The topological polar surface area (TPSA) is 73.2 Å². The Balaban J connectivity index is 1.82. The van der Waals surface area contributed by atoms with E-state index in [1.165, 1.54) is 0 Å². The third-order valence-corrected chi connectivity index (χ3v) is 8.35. The minimum atomic E-state index is -4.13. The summed E-state index contributed by atoms with van der Waals surface area (Å²) in [6.07, 6.45) is 9.38. The summed E-state index contributed by atoms with van der Waals surface area (Å²) in [6, 6.07) is 16.2. The molecular weight excluding hydrogens is 478 g/mol. The van der Waals surface area contributed by atoms with Crippen molar-refractivity contribution in [3.63, 3.8) is 0 Å². The quantitative estimate of drug-likeness (QED) is 0.345. The standard InChI is InChI=1S/C27H35N3O3S2/c1-3-5-11-21-16-19-29(18-6-4-2)27(28-21)24(17-20-35(31,32)33)30-22-12-7-9-14-25(22)34-26-15-10-8-13-23(26)30/h7-10,12-16,19,24,27H,3-6,11,17-18,20H2,1-2H3,(H,31,32,33). The summed E-state index contributed by atoms with van der Waals surface area (Å²) in [5, 5.41) is 0. The molecule has 6 nitrogen and oxygen atoms in total. The van der Waals surface area contributed by atoms with Crippen LogP contribution in [0.5, 0.6) is 0 Å². The van der Waals surface area contributed by atoms with Crippen molar-refractivity contribution in [2.24, 2.45) is 4.99 Å². The lowest BCUT2D eigenvalue weighted by molar-refractivity contribution is 0.235. The Morgan fingerprint density at radius 1 is 1.00 bits per heavy atom. The molecule has 0 fully saturated rings. The summed E-state index contributed by atoms with van der Waals surface area (Å²) < 4.78 is 33.6. The van der Waals surface area contributed by atoms with E-state index >= 15 is 0 Å². The first-order valence-electron chi connectivity index (χ1n) is 12.5. The van der Waals surface area contributed by atoms with Crippen molar-refractivity contribution in [3.8, 4) is 0 Å². The summed E-state index contributed by atoms with van der Waals surface area (Å²) in [6.45, 7) is 5.19. The number of unbranched alkanes of at least 4 members (excludes halogenated alkanes) is 2. The van der Waals surface area contributed by atoms with Gasteiger partial charge in [0.2, 0.25) is 0 Å². The number of hydrogen-bond acceptors (Lipinski definition) is 6. The van der Waals surface area contributed by atoms with Crippen LogP contribution in [-0.4, -0.2) is 48.1 Å². The summed E-state index contributed by atoms with van der Waals surface area (Å²) >= 11 is 1.73. The highest BCUT2D eigenvalue weighted by Crippen LogP contribution is 2.50. The molecule has 0 aromatic heterocycles. The van der Waals surface area contributed by atoms with Crippen LogP contribution in [0.15, 0.2) is 75.6 Å². The maximum atomic E-state index is 11.9. The van der Waals surface area contributed by atoms with Crippen LogP contribution in [0.2, 0.25) is 0 Å². The lowest BCUT2D eigenvalue weighted by Crippen LogP contribution is -2.51. The lowest BCUT2D eigenvalue weighted by Gasteiger charge is -2.45. The molecule has 188 valence electrons. The number of aliphatic imine (C=N–C) groups is 1. The third kappa shape index (κ3) is 6.29.